The minimum atomic E-state index is 0. The summed E-state index contributed by atoms with van der Waals surface area (Å²) in [4.78, 5) is 3.00. The molecule has 0 saturated carbocycles. The zero-order chi connectivity index (χ0) is 4.12. The molecular formula is C4H13GaN. The molecule has 1 radical (unpaired) electrons. The van der Waals surface area contributed by atoms with E-state index in [2.05, 4.69) is 13.8 Å². The molecule has 37 valence electrons. The second-order valence-corrected chi connectivity index (χ2v) is 5.74. The van der Waals surface area contributed by atoms with Gasteiger partial charge in [0.2, 0.25) is 0 Å². The Labute approximate surface area is 47.9 Å². The van der Waals surface area contributed by atoms with Crippen molar-refractivity contribution in [2.75, 3.05) is 0 Å². The molecule has 0 heterocycles. The molecule has 0 saturated heterocycles. The molecule has 0 amide bonds. The molecule has 3 N–H and O–H groups in total. The van der Waals surface area contributed by atoms with E-state index in [1.807, 2.05) is 0 Å². The molecule has 0 aliphatic heterocycles. The number of hydrogen-bond acceptors (Lipinski definition) is 1. The largest absolute Gasteiger partial charge is 0.344 e. The third kappa shape index (κ3) is 8.82. The van der Waals surface area contributed by atoms with E-state index in [1.165, 1.54) is 9.95 Å². The molecule has 0 aromatic heterocycles. The summed E-state index contributed by atoms with van der Waals surface area (Å²) >= 11 is 0.312. The molecule has 6 heavy (non-hydrogen) atoms. The van der Waals surface area contributed by atoms with Crippen molar-refractivity contribution in [2.45, 2.75) is 23.8 Å². The predicted molar refractivity (Wildman–Crippen MR) is 31.7 cm³/mol. The first-order valence-corrected chi connectivity index (χ1v) is 5.66. The quantitative estimate of drug-likeness (QED) is 0.589. The van der Waals surface area contributed by atoms with E-state index in [9.17, 15) is 0 Å². The molecule has 0 atom stereocenters. The first-order chi connectivity index (χ1) is 2.41. The first kappa shape index (κ1) is 9.78. The molecule has 0 fully saturated rings. The zero-order valence-corrected chi connectivity index (χ0v) is 7.12. The van der Waals surface area contributed by atoms with Crippen LogP contribution in [0.25, 0.3) is 0 Å². The SMILES string of the molecule is C[CH2][Ga][CH2]C.N. The summed E-state index contributed by atoms with van der Waals surface area (Å²) in [5.41, 5.74) is 0. The van der Waals surface area contributed by atoms with Crippen LogP contribution in [0.5, 0.6) is 0 Å². The van der Waals surface area contributed by atoms with E-state index in [0.717, 1.165) is 0 Å². The minimum Gasteiger partial charge on any atom is -0.344 e. The molecule has 0 aromatic rings. The fourth-order valence-electron chi connectivity index (χ4n) is 0.289. The maximum absolute atomic E-state index is 2.28. The summed E-state index contributed by atoms with van der Waals surface area (Å²) in [5.74, 6) is 0. The Morgan fingerprint density at radius 1 is 1.17 bits per heavy atom. The van der Waals surface area contributed by atoms with Crippen LogP contribution in [-0.2, 0) is 0 Å². The van der Waals surface area contributed by atoms with Crippen LogP contribution in [0, 0.1) is 0 Å². The van der Waals surface area contributed by atoms with Gasteiger partial charge in [0.15, 0.2) is 0 Å². The molecule has 0 unspecified atom stereocenters. The van der Waals surface area contributed by atoms with Crippen molar-refractivity contribution >= 4 is 17.4 Å². The van der Waals surface area contributed by atoms with Gasteiger partial charge in [-0.3, -0.25) is 0 Å². The molecular weight excluding hydrogens is 132 g/mol. The normalized spacial score (nSPS) is 6.33. The van der Waals surface area contributed by atoms with Gasteiger partial charge in [-0.15, -0.1) is 0 Å². The van der Waals surface area contributed by atoms with Gasteiger partial charge in [-0.05, 0) is 0 Å². The number of rotatable bonds is 2. The molecule has 0 bridgehead atoms. The maximum Gasteiger partial charge on any atom is -0.344 e. The van der Waals surface area contributed by atoms with Crippen molar-refractivity contribution in [3.05, 3.63) is 0 Å². The Bertz CT molecular complexity index is 15.0. The fraction of sp³-hybridized carbons (Fsp3) is 1.00. The van der Waals surface area contributed by atoms with Crippen LogP contribution in [0.1, 0.15) is 13.8 Å². The Balaban J connectivity index is 0. The molecule has 0 aromatic carbocycles. The summed E-state index contributed by atoms with van der Waals surface area (Å²) < 4.78 is 0. The van der Waals surface area contributed by atoms with Crippen LogP contribution < -0.4 is 6.15 Å². The van der Waals surface area contributed by atoms with Gasteiger partial charge in [0, 0.05) is 0 Å². The summed E-state index contributed by atoms with van der Waals surface area (Å²) in [7, 11) is 0. The average Bonchev–Trinajstić information content (AvgIpc) is 1.41. The Hall–Kier alpha value is 0.596. The van der Waals surface area contributed by atoms with E-state index in [0.29, 0.717) is 17.4 Å². The summed E-state index contributed by atoms with van der Waals surface area (Å²) in [6.45, 7) is 4.56. The zero-order valence-electron chi connectivity index (χ0n) is 4.70. The van der Waals surface area contributed by atoms with E-state index < -0.39 is 0 Å². The van der Waals surface area contributed by atoms with Crippen molar-refractivity contribution in [2.24, 2.45) is 0 Å². The molecule has 0 rings (SSSR count). The van der Waals surface area contributed by atoms with Gasteiger partial charge in [0.25, 0.3) is 0 Å². The second-order valence-electron chi connectivity index (χ2n) is 1.11. The van der Waals surface area contributed by atoms with Crippen molar-refractivity contribution in [3.63, 3.8) is 0 Å². The van der Waals surface area contributed by atoms with Crippen LogP contribution in [0.3, 0.4) is 0 Å². The van der Waals surface area contributed by atoms with Gasteiger partial charge in [-0.2, -0.15) is 0 Å². The van der Waals surface area contributed by atoms with Crippen LogP contribution in [-0.4, -0.2) is 17.4 Å². The van der Waals surface area contributed by atoms with Gasteiger partial charge in [-0.1, -0.05) is 0 Å². The summed E-state index contributed by atoms with van der Waals surface area (Å²) in [6.07, 6.45) is 0. The monoisotopic (exact) mass is 144 g/mol. The minimum absolute atomic E-state index is 0. The molecule has 1 nitrogen and oxygen atoms in total. The van der Waals surface area contributed by atoms with E-state index in [-0.39, 0.29) is 6.15 Å². The number of hydrogen-bond donors (Lipinski definition) is 1. The Morgan fingerprint density at radius 3 is 1.50 bits per heavy atom. The third-order valence-corrected chi connectivity index (χ3v) is 3.00. The molecule has 2 heteroatoms. The van der Waals surface area contributed by atoms with Gasteiger partial charge < -0.3 is 6.15 Å². The Morgan fingerprint density at radius 2 is 1.50 bits per heavy atom. The second kappa shape index (κ2) is 9.14. The smallest absolute Gasteiger partial charge is 0.344 e. The van der Waals surface area contributed by atoms with Crippen LogP contribution in [0.15, 0.2) is 0 Å². The predicted octanol–water partition coefficient (Wildman–Crippen LogP) is 1.73. The Kier molecular flexibility index (Phi) is 14.9. The first-order valence-electron chi connectivity index (χ1n) is 2.23. The van der Waals surface area contributed by atoms with Crippen LogP contribution >= 0.6 is 0 Å². The van der Waals surface area contributed by atoms with E-state index in [1.54, 1.807) is 0 Å². The van der Waals surface area contributed by atoms with Crippen LogP contribution in [0.4, 0.5) is 0 Å². The third-order valence-electron chi connectivity index (χ3n) is 0.577. The van der Waals surface area contributed by atoms with Gasteiger partial charge in [0.1, 0.15) is 0 Å². The molecule has 0 spiro atoms. The van der Waals surface area contributed by atoms with Crippen molar-refractivity contribution in [1.29, 1.82) is 0 Å². The summed E-state index contributed by atoms with van der Waals surface area (Å²) in [6, 6.07) is 0. The average molecular weight is 145 g/mol. The standard InChI is InChI=1S/2C2H5.Ga.H3N/c2*1-2;;/h2*1H2,2H3;;1H3. The van der Waals surface area contributed by atoms with Crippen molar-refractivity contribution < 1.29 is 0 Å². The van der Waals surface area contributed by atoms with Crippen molar-refractivity contribution in [3.8, 4) is 0 Å². The molecule has 0 aliphatic carbocycles. The van der Waals surface area contributed by atoms with Crippen LogP contribution in [0.2, 0.25) is 9.95 Å². The molecule has 0 aliphatic rings. The fourth-order valence-corrected chi connectivity index (χ4v) is 1.50. The van der Waals surface area contributed by atoms with Gasteiger partial charge in [-0.25, -0.2) is 0 Å². The van der Waals surface area contributed by atoms with Gasteiger partial charge >= 0.3 is 41.2 Å². The summed E-state index contributed by atoms with van der Waals surface area (Å²) in [5, 5.41) is 0. The van der Waals surface area contributed by atoms with Crippen molar-refractivity contribution in [1.82, 2.24) is 6.15 Å². The topological polar surface area (TPSA) is 35.0 Å². The van der Waals surface area contributed by atoms with E-state index in [4.69, 9.17) is 0 Å². The van der Waals surface area contributed by atoms with E-state index >= 15 is 0 Å². The van der Waals surface area contributed by atoms with Gasteiger partial charge in [0.05, 0.1) is 0 Å². The maximum atomic E-state index is 2.28.